The zero-order valence-corrected chi connectivity index (χ0v) is 9.85. The minimum absolute atomic E-state index is 0.0673. The van der Waals surface area contributed by atoms with Crippen LogP contribution in [0.1, 0.15) is 22.8 Å². The highest BCUT2D eigenvalue weighted by Gasteiger charge is 2.15. The van der Waals surface area contributed by atoms with Crippen LogP contribution in [0.4, 0.5) is 0 Å². The summed E-state index contributed by atoms with van der Waals surface area (Å²) in [6.45, 7) is 2.55. The lowest BCUT2D eigenvalue weighted by atomic mass is 10.1. The van der Waals surface area contributed by atoms with Gasteiger partial charge in [0.05, 0.1) is 6.54 Å². The molecule has 4 N–H and O–H groups in total. The number of likely N-dealkylation sites (N-methyl/N-ethyl adjacent to an activating group) is 1. The van der Waals surface area contributed by atoms with E-state index in [2.05, 4.69) is 0 Å². The van der Waals surface area contributed by atoms with E-state index in [-0.39, 0.29) is 12.5 Å². The predicted molar refractivity (Wildman–Crippen MR) is 65.1 cm³/mol. The van der Waals surface area contributed by atoms with Crippen molar-refractivity contribution in [3.63, 3.8) is 0 Å². The molecular weight excluding hydrogens is 218 g/mol. The van der Waals surface area contributed by atoms with Gasteiger partial charge in [0.15, 0.2) is 0 Å². The number of nitrogens with zero attached hydrogens (tertiary/aromatic N) is 1. The maximum Gasteiger partial charge on any atom is 0.254 e. The first-order valence-electron chi connectivity index (χ1n) is 5.45. The second-order valence-corrected chi connectivity index (χ2v) is 3.69. The van der Waals surface area contributed by atoms with Crippen LogP contribution >= 0.6 is 0 Å². The number of benzene rings is 1. The maximum absolute atomic E-state index is 12.1. The Morgan fingerprint density at radius 1 is 1.35 bits per heavy atom. The summed E-state index contributed by atoms with van der Waals surface area (Å²) in [4.78, 5) is 24.3. The Morgan fingerprint density at radius 3 is 2.59 bits per heavy atom. The molecular formula is C12H17N3O2. The third-order valence-electron chi connectivity index (χ3n) is 2.43. The molecule has 2 amide bonds. The summed E-state index contributed by atoms with van der Waals surface area (Å²) < 4.78 is 0. The summed E-state index contributed by atoms with van der Waals surface area (Å²) >= 11 is 0. The quantitative estimate of drug-likeness (QED) is 0.758. The van der Waals surface area contributed by atoms with Gasteiger partial charge in [0, 0.05) is 18.7 Å². The fourth-order valence-corrected chi connectivity index (χ4v) is 1.53. The summed E-state index contributed by atoms with van der Waals surface area (Å²) in [7, 11) is 0. The van der Waals surface area contributed by atoms with E-state index in [1.807, 2.05) is 6.07 Å². The van der Waals surface area contributed by atoms with Gasteiger partial charge < -0.3 is 16.4 Å². The van der Waals surface area contributed by atoms with Crippen molar-refractivity contribution in [2.75, 3.05) is 13.1 Å². The summed E-state index contributed by atoms with van der Waals surface area (Å²) in [5, 5.41) is 0. The average Bonchev–Trinajstić information content (AvgIpc) is 2.35. The molecule has 0 unspecified atom stereocenters. The number of carbonyl (C=O) groups excluding carboxylic acids is 2. The van der Waals surface area contributed by atoms with E-state index in [1.165, 1.54) is 4.90 Å². The Morgan fingerprint density at radius 2 is 2.06 bits per heavy atom. The molecule has 0 spiro atoms. The lowest BCUT2D eigenvalue weighted by molar-refractivity contribution is -0.118. The SMILES string of the molecule is CCN(CC(N)=O)C(=O)c1cccc(CN)c1. The van der Waals surface area contributed by atoms with Crippen molar-refractivity contribution < 1.29 is 9.59 Å². The molecule has 0 radical (unpaired) electrons. The van der Waals surface area contributed by atoms with Gasteiger partial charge in [-0.1, -0.05) is 12.1 Å². The number of carbonyl (C=O) groups is 2. The minimum atomic E-state index is -0.518. The molecule has 17 heavy (non-hydrogen) atoms. The molecule has 5 heteroatoms. The van der Waals surface area contributed by atoms with E-state index in [1.54, 1.807) is 25.1 Å². The standard InChI is InChI=1S/C12H17N3O2/c1-2-15(8-11(14)16)12(17)10-5-3-4-9(6-10)7-13/h3-6H,2,7-8,13H2,1H3,(H2,14,16). The third-order valence-corrected chi connectivity index (χ3v) is 2.43. The van der Waals surface area contributed by atoms with Crippen molar-refractivity contribution in [1.82, 2.24) is 4.90 Å². The molecule has 0 saturated carbocycles. The monoisotopic (exact) mass is 235 g/mol. The molecule has 1 rings (SSSR count). The van der Waals surface area contributed by atoms with E-state index in [0.29, 0.717) is 18.7 Å². The van der Waals surface area contributed by atoms with Crippen LogP contribution < -0.4 is 11.5 Å². The van der Waals surface area contributed by atoms with Gasteiger partial charge in [0.1, 0.15) is 0 Å². The fourth-order valence-electron chi connectivity index (χ4n) is 1.53. The largest absolute Gasteiger partial charge is 0.368 e. The van der Waals surface area contributed by atoms with E-state index in [0.717, 1.165) is 5.56 Å². The Kier molecular flexibility index (Phi) is 4.66. The topological polar surface area (TPSA) is 89.4 Å². The summed E-state index contributed by atoms with van der Waals surface area (Å²) in [6, 6.07) is 7.05. The number of rotatable bonds is 5. The highest BCUT2D eigenvalue weighted by atomic mass is 16.2. The first-order valence-corrected chi connectivity index (χ1v) is 5.45. The van der Waals surface area contributed by atoms with Gasteiger partial charge in [-0.15, -0.1) is 0 Å². The van der Waals surface area contributed by atoms with Crippen molar-refractivity contribution in [1.29, 1.82) is 0 Å². The lowest BCUT2D eigenvalue weighted by Gasteiger charge is -2.19. The molecule has 0 saturated heterocycles. The first kappa shape index (κ1) is 13.2. The van der Waals surface area contributed by atoms with E-state index in [9.17, 15) is 9.59 Å². The summed E-state index contributed by atoms with van der Waals surface area (Å²) in [5.74, 6) is -0.725. The van der Waals surface area contributed by atoms with E-state index >= 15 is 0 Å². The molecule has 0 fully saturated rings. The maximum atomic E-state index is 12.1. The van der Waals surface area contributed by atoms with Crippen molar-refractivity contribution in [3.8, 4) is 0 Å². The number of hydrogen-bond acceptors (Lipinski definition) is 3. The highest BCUT2D eigenvalue weighted by Crippen LogP contribution is 2.08. The average molecular weight is 235 g/mol. The second kappa shape index (κ2) is 6.00. The van der Waals surface area contributed by atoms with Crippen LogP contribution in [0.3, 0.4) is 0 Å². The summed E-state index contributed by atoms with van der Waals surface area (Å²) in [6.07, 6.45) is 0. The van der Waals surface area contributed by atoms with Gasteiger partial charge >= 0.3 is 0 Å². The van der Waals surface area contributed by atoms with Crippen molar-refractivity contribution in [2.24, 2.45) is 11.5 Å². The molecule has 92 valence electrons. The molecule has 0 aliphatic heterocycles. The zero-order valence-electron chi connectivity index (χ0n) is 9.85. The summed E-state index contributed by atoms with van der Waals surface area (Å²) in [5.41, 5.74) is 12.0. The van der Waals surface area contributed by atoms with Crippen molar-refractivity contribution in [2.45, 2.75) is 13.5 Å². The van der Waals surface area contributed by atoms with Gasteiger partial charge in [-0.3, -0.25) is 9.59 Å². The molecule has 5 nitrogen and oxygen atoms in total. The van der Waals surface area contributed by atoms with Gasteiger partial charge in [0.2, 0.25) is 5.91 Å². The van der Waals surface area contributed by atoms with Crippen LogP contribution in [0.2, 0.25) is 0 Å². The predicted octanol–water partition coefficient (Wildman–Crippen LogP) is 0.0927. The molecule has 1 aromatic carbocycles. The normalized spacial score (nSPS) is 10.0. The third kappa shape index (κ3) is 3.57. The Bertz CT molecular complexity index is 418. The lowest BCUT2D eigenvalue weighted by Crippen LogP contribution is -2.38. The smallest absolute Gasteiger partial charge is 0.254 e. The van der Waals surface area contributed by atoms with Gasteiger partial charge in [-0.25, -0.2) is 0 Å². The van der Waals surface area contributed by atoms with Crippen molar-refractivity contribution in [3.05, 3.63) is 35.4 Å². The highest BCUT2D eigenvalue weighted by molar-refractivity contribution is 5.96. The molecule has 0 aliphatic carbocycles. The van der Waals surface area contributed by atoms with Gasteiger partial charge in [-0.2, -0.15) is 0 Å². The van der Waals surface area contributed by atoms with Crippen LogP contribution in [0.25, 0.3) is 0 Å². The number of primary amides is 1. The Hall–Kier alpha value is -1.88. The second-order valence-electron chi connectivity index (χ2n) is 3.69. The van der Waals surface area contributed by atoms with Crippen molar-refractivity contribution >= 4 is 11.8 Å². The molecule has 0 atom stereocenters. The van der Waals surface area contributed by atoms with Crippen LogP contribution in [0.15, 0.2) is 24.3 Å². The van der Waals surface area contributed by atoms with Crippen LogP contribution in [0.5, 0.6) is 0 Å². The van der Waals surface area contributed by atoms with E-state index < -0.39 is 5.91 Å². The van der Waals surface area contributed by atoms with Crippen LogP contribution in [-0.2, 0) is 11.3 Å². The molecule has 0 aromatic heterocycles. The Balaban J connectivity index is 2.89. The van der Waals surface area contributed by atoms with E-state index in [4.69, 9.17) is 11.5 Å². The molecule has 0 bridgehead atoms. The van der Waals surface area contributed by atoms with Gasteiger partial charge in [-0.05, 0) is 24.6 Å². The number of amides is 2. The van der Waals surface area contributed by atoms with Gasteiger partial charge in [0.25, 0.3) is 5.91 Å². The fraction of sp³-hybridized carbons (Fsp3) is 0.333. The number of nitrogens with two attached hydrogens (primary N) is 2. The molecule has 1 aromatic rings. The molecule has 0 heterocycles. The van der Waals surface area contributed by atoms with Crippen LogP contribution in [0, 0.1) is 0 Å². The number of hydrogen-bond donors (Lipinski definition) is 2. The molecule has 0 aliphatic rings. The minimum Gasteiger partial charge on any atom is -0.368 e. The first-order chi connectivity index (χ1) is 8.08. The Labute approximate surface area is 100 Å². The van der Waals surface area contributed by atoms with Crippen LogP contribution in [-0.4, -0.2) is 29.8 Å². The zero-order chi connectivity index (χ0) is 12.8.